The molecule has 0 bridgehead atoms. The van der Waals surface area contributed by atoms with Crippen LogP contribution in [0.5, 0.6) is 0 Å². The number of nitrogens with zero attached hydrogens (tertiary/aromatic N) is 4. The monoisotopic (exact) mass is 217 g/mol. The molecule has 0 aromatic carbocycles. The first-order chi connectivity index (χ1) is 7.75. The first-order valence-electron chi connectivity index (χ1n) is 5.28. The average Bonchev–Trinajstić information content (AvgIpc) is 2.80. The molecule has 0 spiro atoms. The smallest absolute Gasteiger partial charge is 0.156 e. The van der Waals surface area contributed by atoms with E-state index in [-0.39, 0.29) is 0 Å². The van der Waals surface area contributed by atoms with E-state index in [2.05, 4.69) is 34.1 Å². The Morgan fingerprint density at radius 2 is 2.19 bits per heavy atom. The second-order valence-corrected chi connectivity index (χ2v) is 3.87. The first-order valence-corrected chi connectivity index (χ1v) is 5.28. The molecule has 0 amide bonds. The van der Waals surface area contributed by atoms with Crippen LogP contribution in [0.15, 0.2) is 31.1 Å². The zero-order valence-electron chi connectivity index (χ0n) is 9.46. The molecule has 1 N–H and O–H groups in total. The summed E-state index contributed by atoms with van der Waals surface area (Å²) in [7, 11) is 0. The van der Waals surface area contributed by atoms with Crippen LogP contribution in [0.1, 0.15) is 19.5 Å². The highest BCUT2D eigenvalue weighted by molar-refractivity contribution is 5.19. The molecule has 84 valence electrons. The third-order valence-electron chi connectivity index (χ3n) is 2.13. The highest BCUT2D eigenvalue weighted by Crippen LogP contribution is 2.02. The van der Waals surface area contributed by atoms with Crippen molar-refractivity contribution in [2.24, 2.45) is 0 Å². The van der Waals surface area contributed by atoms with Gasteiger partial charge in [-0.3, -0.25) is 9.55 Å². The van der Waals surface area contributed by atoms with E-state index in [4.69, 9.17) is 0 Å². The second kappa shape index (κ2) is 4.85. The van der Waals surface area contributed by atoms with Crippen molar-refractivity contribution in [2.75, 3.05) is 0 Å². The molecule has 2 aromatic heterocycles. The van der Waals surface area contributed by atoms with E-state index in [0.717, 1.165) is 18.1 Å². The molecule has 2 rings (SSSR count). The van der Waals surface area contributed by atoms with Crippen molar-refractivity contribution in [3.63, 3.8) is 0 Å². The predicted octanol–water partition coefficient (Wildman–Crippen LogP) is 1.16. The van der Waals surface area contributed by atoms with Gasteiger partial charge in [-0.2, -0.15) is 0 Å². The summed E-state index contributed by atoms with van der Waals surface area (Å²) >= 11 is 0. The van der Waals surface area contributed by atoms with Gasteiger partial charge in [0.25, 0.3) is 0 Å². The fourth-order valence-corrected chi connectivity index (χ4v) is 1.31. The van der Waals surface area contributed by atoms with Crippen molar-refractivity contribution in [2.45, 2.75) is 26.4 Å². The molecule has 2 aromatic rings. The maximum atomic E-state index is 4.49. The predicted molar refractivity (Wildman–Crippen MR) is 61.1 cm³/mol. The van der Waals surface area contributed by atoms with Gasteiger partial charge in [-0.05, 0) is 0 Å². The van der Waals surface area contributed by atoms with Gasteiger partial charge in [0.1, 0.15) is 6.33 Å². The van der Waals surface area contributed by atoms with E-state index in [0.29, 0.717) is 6.04 Å². The largest absolute Gasteiger partial charge is 0.309 e. The van der Waals surface area contributed by atoms with Crippen molar-refractivity contribution in [1.82, 2.24) is 24.8 Å². The van der Waals surface area contributed by atoms with Crippen LogP contribution >= 0.6 is 0 Å². The van der Waals surface area contributed by atoms with Gasteiger partial charge in [0, 0.05) is 31.2 Å². The average molecular weight is 217 g/mol. The minimum Gasteiger partial charge on any atom is -0.309 e. The summed E-state index contributed by atoms with van der Waals surface area (Å²) < 4.78 is 1.84. The van der Waals surface area contributed by atoms with Gasteiger partial charge in [-0.25, -0.2) is 9.97 Å². The number of aromatic nitrogens is 4. The van der Waals surface area contributed by atoms with Gasteiger partial charge in [0.15, 0.2) is 5.82 Å². The van der Waals surface area contributed by atoms with Crippen LogP contribution in [0.3, 0.4) is 0 Å². The highest BCUT2D eigenvalue weighted by Gasteiger charge is 2.01. The van der Waals surface area contributed by atoms with Crippen molar-refractivity contribution >= 4 is 0 Å². The van der Waals surface area contributed by atoms with E-state index >= 15 is 0 Å². The topological polar surface area (TPSA) is 55.6 Å². The van der Waals surface area contributed by atoms with Crippen molar-refractivity contribution in [3.05, 3.63) is 36.8 Å². The van der Waals surface area contributed by atoms with Crippen molar-refractivity contribution in [1.29, 1.82) is 0 Å². The third-order valence-corrected chi connectivity index (χ3v) is 2.13. The van der Waals surface area contributed by atoms with Crippen LogP contribution in [0.2, 0.25) is 0 Å². The Hall–Kier alpha value is -1.75. The maximum Gasteiger partial charge on any atom is 0.156 e. The number of hydrogen-bond donors (Lipinski definition) is 1. The number of rotatable bonds is 4. The van der Waals surface area contributed by atoms with E-state index in [9.17, 15) is 0 Å². The van der Waals surface area contributed by atoms with Crippen LogP contribution in [0.4, 0.5) is 0 Å². The van der Waals surface area contributed by atoms with Crippen molar-refractivity contribution < 1.29 is 0 Å². The second-order valence-electron chi connectivity index (χ2n) is 3.87. The van der Waals surface area contributed by atoms with Gasteiger partial charge in [-0.15, -0.1) is 0 Å². The summed E-state index contributed by atoms with van der Waals surface area (Å²) in [5.74, 6) is 0.792. The summed E-state index contributed by atoms with van der Waals surface area (Å²) in [4.78, 5) is 12.6. The highest BCUT2D eigenvalue weighted by atomic mass is 15.1. The fraction of sp³-hybridized carbons (Fsp3) is 0.364. The molecule has 5 nitrogen and oxygen atoms in total. The fourth-order valence-electron chi connectivity index (χ4n) is 1.31. The molecule has 2 heterocycles. The van der Waals surface area contributed by atoms with E-state index in [1.54, 1.807) is 24.9 Å². The molecule has 0 fully saturated rings. The lowest BCUT2D eigenvalue weighted by Gasteiger charge is -2.08. The molecule has 16 heavy (non-hydrogen) atoms. The Labute approximate surface area is 94.6 Å². The van der Waals surface area contributed by atoms with E-state index in [1.807, 2.05) is 10.8 Å². The normalized spacial score (nSPS) is 10.9. The quantitative estimate of drug-likeness (QED) is 0.835. The molecule has 0 aliphatic carbocycles. The molecule has 0 saturated heterocycles. The van der Waals surface area contributed by atoms with E-state index < -0.39 is 0 Å². The molecular formula is C11H15N5. The van der Waals surface area contributed by atoms with Gasteiger partial charge < -0.3 is 5.32 Å². The van der Waals surface area contributed by atoms with Crippen LogP contribution < -0.4 is 5.32 Å². The first kappa shape index (κ1) is 10.8. The Bertz CT molecular complexity index is 435. The Kier molecular flexibility index (Phi) is 3.26. The van der Waals surface area contributed by atoms with Crippen LogP contribution in [-0.4, -0.2) is 25.6 Å². The van der Waals surface area contributed by atoms with Crippen LogP contribution in [0, 0.1) is 0 Å². The van der Waals surface area contributed by atoms with Crippen LogP contribution in [0.25, 0.3) is 5.82 Å². The molecule has 0 saturated carbocycles. The SMILES string of the molecule is CC(C)NCc1cncc(-n2ccnc2)n1. The van der Waals surface area contributed by atoms with E-state index in [1.165, 1.54) is 0 Å². The Morgan fingerprint density at radius 3 is 2.88 bits per heavy atom. The lowest BCUT2D eigenvalue weighted by molar-refractivity contribution is 0.579. The number of nitrogens with one attached hydrogen (secondary N) is 1. The van der Waals surface area contributed by atoms with Gasteiger partial charge in [0.2, 0.25) is 0 Å². The molecule has 0 radical (unpaired) electrons. The number of hydrogen-bond acceptors (Lipinski definition) is 4. The zero-order valence-corrected chi connectivity index (χ0v) is 9.46. The van der Waals surface area contributed by atoms with Gasteiger partial charge in [-0.1, -0.05) is 13.8 Å². The number of imidazole rings is 1. The minimum atomic E-state index is 0.443. The molecule has 0 unspecified atom stereocenters. The minimum absolute atomic E-state index is 0.443. The van der Waals surface area contributed by atoms with Gasteiger partial charge >= 0.3 is 0 Å². The third kappa shape index (κ3) is 2.64. The lowest BCUT2D eigenvalue weighted by atomic mass is 10.3. The summed E-state index contributed by atoms with van der Waals surface area (Å²) in [6.45, 7) is 4.94. The summed E-state index contributed by atoms with van der Waals surface area (Å²) in [5.41, 5.74) is 0.930. The molecule has 0 aliphatic heterocycles. The zero-order chi connectivity index (χ0) is 11.4. The summed E-state index contributed by atoms with van der Waals surface area (Å²) in [5, 5.41) is 3.31. The molecular weight excluding hydrogens is 202 g/mol. The Morgan fingerprint density at radius 1 is 1.31 bits per heavy atom. The standard InChI is InChI=1S/C11H15N5/c1-9(2)14-6-10-5-13-7-11(15-10)16-4-3-12-8-16/h3-5,7-9,14H,6H2,1-2H3. The molecule has 5 heteroatoms. The maximum absolute atomic E-state index is 4.49. The van der Waals surface area contributed by atoms with Crippen molar-refractivity contribution in [3.8, 4) is 5.82 Å². The lowest BCUT2D eigenvalue weighted by Crippen LogP contribution is -2.22. The summed E-state index contributed by atoms with van der Waals surface area (Å²) in [6, 6.07) is 0.443. The molecule has 0 atom stereocenters. The van der Waals surface area contributed by atoms with Crippen LogP contribution in [-0.2, 0) is 6.54 Å². The Balaban J connectivity index is 2.14. The summed E-state index contributed by atoms with van der Waals surface area (Å²) in [6.07, 6.45) is 8.78. The van der Waals surface area contributed by atoms with Gasteiger partial charge in [0.05, 0.1) is 11.9 Å². The molecule has 0 aliphatic rings.